The number of carbonyl (C=O) groups is 4. The molecule has 1 aliphatic rings. The number of barbiturate groups is 1. The summed E-state index contributed by atoms with van der Waals surface area (Å²) in [5, 5.41) is 2.17. The van der Waals surface area contributed by atoms with Crippen molar-refractivity contribution in [1.82, 2.24) is 5.32 Å². The van der Waals surface area contributed by atoms with E-state index in [1.165, 1.54) is 30.3 Å². The normalized spacial score (nSPS) is 15.1. The number of hydrogen-bond acceptors (Lipinski definition) is 6. The smallest absolute Gasteiger partial charge is 0.338 e. The number of nitrogens with zero attached hydrogens (tertiary/aromatic N) is 1. The molecule has 0 saturated carbocycles. The predicted octanol–water partition coefficient (Wildman–Crippen LogP) is 3.69. The van der Waals surface area contributed by atoms with Gasteiger partial charge in [0.15, 0.2) is 0 Å². The van der Waals surface area contributed by atoms with Crippen LogP contribution in [0.3, 0.4) is 0 Å². The zero-order chi connectivity index (χ0) is 22.5. The van der Waals surface area contributed by atoms with E-state index in [0.29, 0.717) is 22.4 Å². The molecule has 9 heteroatoms. The molecule has 3 rings (SSSR count). The number of benzene rings is 2. The van der Waals surface area contributed by atoms with Crippen LogP contribution in [0.1, 0.15) is 29.8 Å². The molecule has 1 N–H and O–H groups in total. The first-order valence-electron chi connectivity index (χ1n) is 9.46. The molecule has 8 nitrogen and oxygen atoms in total. The zero-order valence-corrected chi connectivity index (χ0v) is 18.4. The molecule has 0 radical (unpaired) electrons. The minimum atomic E-state index is -0.875. The summed E-state index contributed by atoms with van der Waals surface area (Å²) in [6, 6.07) is 10.0. The number of rotatable bonds is 6. The number of esters is 1. The van der Waals surface area contributed by atoms with Gasteiger partial charge in [-0.25, -0.2) is 14.5 Å². The maximum Gasteiger partial charge on any atom is 0.338 e. The highest BCUT2D eigenvalue weighted by molar-refractivity contribution is 9.10. The largest absolute Gasteiger partial charge is 0.494 e. The molecule has 2 aromatic carbocycles. The molecule has 2 aromatic rings. The highest BCUT2D eigenvalue weighted by Gasteiger charge is 2.36. The van der Waals surface area contributed by atoms with Gasteiger partial charge in [0.2, 0.25) is 0 Å². The standard InChI is InChI=1S/C22H19BrN2O6/c1-3-30-17-10-13(9-15(23)12-17)11-18-19(26)24-22(29)25(20(18)27)16-7-5-14(6-8-16)21(28)31-4-2/h5-12H,3-4H2,1-2H3,(H,24,26,29)/b18-11+. The summed E-state index contributed by atoms with van der Waals surface area (Å²) in [6.07, 6.45) is 1.39. The van der Waals surface area contributed by atoms with Crippen molar-refractivity contribution in [3.05, 3.63) is 63.6 Å². The number of nitrogens with one attached hydrogen (secondary N) is 1. The van der Waals surface area contributed by atoms with Gasteiger partial charge in [0, 0.05) is 4.47 Å². The highest BCUT2D eigenvalue weighted by atomic mass is 79.9. The van der Waals surface area contributed by atoms with E-state index >= 15 is 0 Å². The highest BCUT2D eigenvalue weighted by Crippen LogP contribution is 2.26. The average molecular weight is 487 g/mol. The van der Waals surface area contributed by atoms with Gasteiger partial charge in [-0.1, -0.05) is 15.9 Å². The molecule has 0 aliphatic carbocycles. The maximum atomic E-state index is 13.0. The molecule has 31 heavy (non-hydrogen) atoms. The Morgan fingerprint density at radius 3 is 2.42 bits per heavy atom. The van der Waals surface area contributed by atoms with Crippen molar-refractivity contribution in [1.29, 1.82) is 0 Å². The molecule has 1 heterocycles. The van der Waals surface area contributed by atoms with E-state index in [0.717, 1.165) is 4.90 Å². The van der Waals surface area contributed by atoms with Crippen LogP contribution in [0, 0.1) is 0 Å². The first-order valence-corrected chi connectivity index (χ1v) is 10.2. The summed E-state index contributed by atoms with van der Waals surface area (Å²) in [6.45, 7) is 4.21. The molecule has 1 fully saturated rings. The van der Waals surface area contributed by atoms with Crippen LogP contribution >= 0.6 is 15.9 Å². The fourth-order valence-electron chi connectivity index (χ4n) is 2.94. The Kier molecular flexibility index (Phi) is 6.86. The summed E-state index contributed by atoms with van der Waals surface area (Å²) < 4.78 is 11.1. The van der Waals surface area contributed by atoms with E-state index < -0.39 is 23.8 Å². The van der Waals surface area contributed by atoms with Crippen molar-refractivity contribution in [3.63, 3.8) is 0 Å². The number of ether oxygens (including phenoxy) is 2. The Morgan fingerprint density at radius 2 is 1.77 bits per heavy atom. The number of urea groups is 1. The fraction of sp³-hybridized carbons (Fsp3) is 0.182. The van der Waals surface area contributed by atoms with Crippen LogP contribution in [0.4, 0.5) is 10.5 Å². The lowest BCUT2D eigenvalue weighted by atomic mass is 10.1. The number of carbonyl (C=O) groups excluding carboxylic acids is 4. The van der Waals surface area contributed by atoms with Crippen LogP contribution in [0.2, 0.25) is 0 Å². The quantitative estimate of drug-likeness (QED) is 0.379. The second-order valence-corrected chi connectivity index (χ2v) is 7.29. The molecule has 0 atom stereocenters. The minimum Gasteiger partial charge on any atom is -0.494 e. The van der Waals surface area contributed by atoms with Gasteiger partial charge in [-0.15, -0.1) is 0 Å². The molecule has 0 spiro atoms. The first-order chi connectivity index (χ1) is 14.8. The predicted molar refractivity (Wildman–Crippen MR) is 117 cm³/mol. The van der Waals surface area contributed by atoms with Crippen molar-refractivity contribution in [2.24, 2.45) is 0 Å². The second kappa shape index (κ2) is 9.57. The average Bonchev–Trinajstić information content (AvgIpc) is 2.71. The van der Waals surface area contributed by atoms with Crippen molar-refractivity contribution in [2.45, 2.75) is 13.8 Å². The molecule has 0 aromatic heterocycles. The number of imide groups is 2. The molecular weight excluding hydrogens is 468 g/mol. The van der Waals surface area contributed by atoms with Crippen LogP contribution in [0.25, 0.3) is 6.08 Å². The molecule has 4 amide bonds. The summed E-state index contributed by atoms with van der Waals surface area (Å²) in [5.41, 5.74) is 0.816. The van der Waals surface area contributed by atoms with E-state index in [-0.39, 0.29) is 23.4 Å². The van der Waals surface area contributed by atoms with Crippen molar-refractivity contribution in [3.8, 4) is 5.75 Å². The van der Waals surface area contributed by atoms with Crippen LogP contribution in [-0.2, 0) is 14.3 Å². The number of anilines is 1. The lowest BCUT2D eigenvalue weighted by molar-refractivity contribution is -0.122. The molecule has 0 unspecified atom stereocenters. The summed E-state index contributed by atoms with van der Waals surface area (Å²) in [4.78, 5) is 50.4. The lowest BCUT2D eigenvalue weighted by Crippen LogP contribution is -2.54. The van der Waals surface area contributed by atoms with Crippen molar-refractivity contribution >= 4 is 51.5 Å². The van der Waals surface area contributed by atoms with Gasteiger partial charge in [-0.3, -0.25) is 14.9 Å². The van der Waals surface area contributed by atoms with Gasteiger partial charge >= 0.3 is 12.0 Å². The molecule has 0 bridgehead atoms. The summed E-state index contributed by atoms with van der Waals surface area (Å²) in [5.74, 6) is -1.53. The van der Waals surface area contributed by atoms with Crippen LogP contribution in [-0.4, -0.2) is 37.0 Å². The van der Waals surface area contributed by atoms with E-state index in [2.05, 4.69) is 21.2 Å². The first kappa shape index (κ1) is 22.2. The molecule has 160 valence electrons. The number of amides is 4. The van der Waals surface area contributed by atoms with Crippen LogP contribution in [0.5, 0.6) is 5.75 Å². The van der Waals surface area contributed by atoms with Gasteiger partial charge < -0.3 is 9.47 Å². The second-order valence-electron chi connectivity index (χ2n) is 6.38. The van der Waals surface area contributed by atoms with E-state index in [1.807, 2.05) is 6.92 Å². The van der Waals surface area contributed by atoms with Crippen LogP contribution in [0.15, 0.2) is 52.5 Å². The summed E-state index contributed by atoms with van der Waals surface area (Å²) in [7, 11) is 0. The van der Waals surface area contributed by atoms with Gasteiger partial charge in [-0.05, 0) is 68.0 Å². The molecule has 1 saturated heterocycles. The number of halogens is 1. The Hall–Kier alpha value is -3.46. The zero-order valence-electron chi connectivity index (χ0n) is 16.8. The maximum absolute atomic E-state index is 13.0. The van der Waals surface area contributed by atoms with Crippen LogP contribution < -0.4 is 15.0 Å². The Bertz CT molecular complexity index is 1080. The third kappa shape index (κ3) is 5.00. The number of hydrogen-bond donors (Lipinski definition) is 1. The fourth-order valence-corrected chi connectivity index (χ4v) is 3.43. The molecule has 1 aliphatic heterocycles. The Labute approximate surface area is 186 Å². The van der Waals surface area contributed by atoms with Crippen molar-refractivity contribution < 1.29 is 28.7 Å². The Balaban J connectivity index is 1.94. The SMILES string of the molecule is CCOC(=O)c1ccc(N2C(=O)NC(=O)/C(=C\c3cc(Br)cc(OCC)c3)C2=O)cc1. The summed E-state index contributed by atoms with van der Waals surface area (Å²) >= 11 is 3.37. The van der Waals surface area contributed by atoms with E-state index in [1.54, 1.807) is 25.1 Å². The third-order valence-corrected chi connectivity index (χ3v) is 4.71. The van der Waals surface area contributed by atoms with Gasteiger partial charge in [-0.2, -0.15) is 0 Å². The third-order valence-electron chi connectivity index (χ3n) is 4.25. The van der Waals surface area contributed by atoms with E-state index in [4.69, 9.17) is 9.47 Å². The topological polar surface area (TPSA) is 102 Å². The molecular formula is C22H19BrN2O6. The van der Waals surface area contributed by atoms with Gasteiger partial charge in [0.25, 0.3) is 11.8 Å². The van der Waals surface area contributed by atoms with E-state index in [9.17, 15) is 19.2 Å². The lowest BCUT2D eigenvalue weighted by Gasteiger charge is -2.26. The van der Waals surface area contributed by atoms with Gasteiger partial charge in [0.1, 0.15) is 11.3 Å². The minimum absolute atomic E-state index is 0.207. The van der Waals surface area contributed by atoms with Gasteiger partial charge in [0.05, 0.1) is 24.5 Å². The Morgan fingerprint density at radius 1 is 1.06 bits per heavy atom. The van der Waals surface area contributed by atoms with Crippen molar-refractivity contribution in [2.75, 3.05) is 18.1 Å². The monoisotopic (exact) mass is 486 g/mol.